The number of thiophene rings is 4. The first kappa shape index (κ1) is 30.3. The van der Waals surface area contributed by atoms with Crippen LogP contribution >= 0.6 is 45.3 Å². The standard InChI is InChI=1S/C36H46N2S4/c1-4-6-8-10-12-14-23(3)38-30-22-40-32-27(30)17-19-29-34(32)42-35-28-18-16-26-24(20-25(37)15-13-11-9-7-5-2)21-39-31(26)33(28)41-36(29)35/h16-19,21-23,25,38H,4-15,20,37H2,1-3H3. The molecule has 3 N–H and O–H groups in total. The Balaban J connectivity index is 1.22. The van der Waals surface area contributed by atoms with Crippen LogP contribution in [-0.2, 0) is 6.42 Å². The van der Waals surface area contributed by atoms with Crippen molar-refractivity contribution < 1.29 is 0 Å². The molecule has 2 unspecified atom stereocenters. The summed E-state index contributed by atoms with van der Waals surface area (Å²) in [6.07, 6.45) is 16.7. The maximum atomic E-state index is 6.61. The van der Waals surface area contributed by atoms with E-state index in [0.717, 1.165) is 12.8 Å². The van der Waals surface area contributed by atoms with Crippen LogP contribution in [0.1, 0.15) is 103 Å². The highest BCUT2D eigenvalue weighted by molar-refractivity contribution is 7.39. The molecule has 6 heteroatoms. The average Bonchev–Trinajstić information content (AvgIpc) is 3.75. The zero-order chi connectivity index (χ0) is 29.1. The maximum Gasteiger partial charge on any atom is 0.0543 e. The summed E-state index contributed by atoms with van der Waals surface area (Å²) in [4.78, 5) is 0. The van der Waals surface area contributed by atoms with Gasteiger partial charge in [-0.1, -0.05) is 102 Å². The summed E-state index contributed by atoms with van der Waals surface area (Å²) in [5, 5.41) is 14.2. The van der Waals surface area contributed by atoms with E-state index < -0.39 is 0 Å². The van der Waals surface area contributed by atoms with Crippen LogP contribution in [0.25, 0.3) is 49.7 Å². The lowest BCUT2D eigenvalue weighted by Gasteiger charge is -2.14. The van der Waals surface area contributed by atoms with E-state index in [1.165, 1.54) is 132 Å². The van der Waals surface area contributed by atoms with Crippen molar-refractivity contribution in [1.29, 1.82) is 0 Å². The highest BCUT2D eigenvalue weighted by Gasteiger charge is 2.19. The van der Waals surface area contributed by atoms with Crippen LogP contribution in [-0.4, -0.2) is 12.1 Å². The van der Waals surface area contributed by atoms with Crippen LogP contribution in [0.5, 0.6) is 0 Å². The predicted molar refractivity (Wildman–Crippen MR) is 197 cm³/mol. The minimum Gasteiger partial charge on any atom is -0.381 e. The largest absolute Gasteiger partial charge is 0.381 e. The van der Waals surface area contributed by atoms with E-state index >= 15 is 0 Å². The second-order valence-corrected chi connectivity index (χ2v) is 16.1. The van der Waals surface area contributed by atoms with Gasteiger partial charge in [-0.15, -0.1) is 45.3 Å². The molecule has 4 heterocycles. The van der Waals surface area contributed by atoms with Crippen LogP contribution in [0.3, 0.4) is 0 Å². The van der Waals surface area contributed by atoms with E-state index in [1.807, 2.05) is 45.3 Å². The smallest absolute Gasteiger partial charge is 0.0543 e. The fourth-order valence-electron chi connectivity index (χ4n) is 6.47. The maximum absolute atomic E-state index is 6.61. The molecule has 0 fully saturated rings. The summed E-state index contributed by atoms with van der Waals surface area (Å²) in [5.41, 5.74) is 9.36. The molecule has 0 aliphatic heterocycles. The van der Waals surface area contributed by atoms with E-state index in [-0.39, 0.29) is 6.04 Å². The van der Waals surface area contributed by atoms with E-state index in [1.54, 1.807) is 0 Å². The Labute approximate surface area is 267 Å². The molecule has 6 rings (SSSR count). The van der Waals surface area contributed by atoms with Crippen molar-refractivity contribution in [2.75, 3.05) is 5.32 Å². The van der Waals surface area contributed by atoms with Gasteiger partial charge in [-0.2, -0.15) is 0 Å². The van der Waals surface area contributed by atoms with Crippen LogP contribution in [0.2, 0.25) is 0 Å². The molecule has 2 aromatic carbocycles. The molecule has 0 saturated heterocycles. The topological polar surface area (TPSA) is 38.0 Å². The summed E-state index contributed by atoms with van der Waals surface area (Å²) in [7, 11) is 0. The molecule has 0 bridgehead atoms. The summed E-state index contributed by atoms with van der Waals surface area (Å²) < 4.78 is 8.73. The van der Waals surface area contributed by atoms with Crippen molar-refractivity contribution in [2.45, 2.75) is 116 Å². The Bertz CT molecular complexity index is 1640. The number of benzene rings is 2. The Morgan fingerprint density at radius 3 is 1.81 bits per heavy atom. The van der Waals surface area contributed by atoms with Gasteiger partial charge in [0, 0.05) is 33.6 Å². The molecule has 0 aliphatic carbocycles. The Hall–Kier alpha value is -1.70. The number of nitrogens with two attached hydrogens (primary N) is 1. The molecule has 0 radical (unpaired) electrons. The van der Waals surface area contributed by atoms with Gasteiger partial charge in [-0.25, -0.2) is 0 Å². The lowest BCUT2D eigenvalue weighted by Crippen LogP contribution is -2.22. The number of hydrogen-bond donors (Lipinski definition) is 2. The van der Waals surface area contributed by atoms with Crippen molar-refractivity contribution in [1.82, 2.24) is 0 Å². The second-order valence-electron chi connectivity index (χ2n) is 12.3. The van der Waals surface area contributed by atoms with Gasteiger partial charge in [0.15, 0.2) is 0 Å². The molecule has 0 amide bonds. The van der Waals surface area contributed by atoms with Gasteiger partial charge in [0.1, 0.15) is 0 Å². The van der Waals surface area contributed by atoms with E-state index in [2.05, 4.69) is 61.1 Å². The van der Waals surface area contributed by atoms with E-state index in [9.17, 15) is 0 Å². The van der Waals surface area contributed by atoms with Crippen molar-refractivity contribution in [3.8, 4) is 0 Å². The lowest BCUT2D eigenvalue weighted by molar-refractivity contribution is 0.539. The first-order chi connectivity index (χ1) is 20.6. The average molecular weight is 635 g/mol. The number of rotatable bonds is 16. The van der Waals surface area contributed by atoms with Gasteiger partial charge in [0.25, 0.3) is 0 Å². The minimum absolute atomic E-state index is 0.261. The van der Waals surface area contributed by atoms with Crippen LogP contribution in [0.4, 0.5) is 5.69 Å². The molecule has 0 aliphatic rings. The molecule has 0 spiro atoms. The summed E-state index contributed by atoms with van der Waals surface area (Å²) in [6.45, 7) is 6.90. The molecule has 2 atom stereocenters. The highest BCUT2D eigenvalue weighted by Crippen LogP contribution is 2.50. The van der Waals surface area contributed by atoms with E-state index in [0.29, 0.717) is 6.04 Å². The molecule has 0 saturated carbocycles. The van der Waals surface area contributed by atoms with Crippen molar-refractivity contribution in [2.24, 2.45) is 5.73 Å². The molecule has 42 heavy (non-hydrogen) atoms. The van der Waals surface area contributed by atoms with Crippen LogP contribution in [0, 0.1) is 0 Å². The van der Waals surface area contributed by atoms with E-state index in [4.69, 9.17) is 5.73 Å². The molecule has 4 aromatic heterocycles. The summed E-state index contributed by atoms with van der Waals surface area (Å²) in [5.74, 6) is 0. The minimum atomic E-state index is 0.261. The van der Waals surface area contributed by atoms with Gasteiger partial charge in [0.05, 0.1) is 33.9 Å². The monoisotopic (exact) mass is 634 g/mol. The third-order valence-corrected chi connectivity index (χ3v) is 13.9. The first-order valence-corrected chi connectivity index (χ1v) is 19.7. The number of fused-ring (bicyclic) bond motifs is 9. The molecule has 6 aromatic rings. The SMILES string of the molecule is CCCCCCCC(N)Cc1csc2c1ccc1c2sc2c3ccc4c(NC(C)CCCCCCC)csc4c3sc12. The molecular formula is C36H46N2S4. The Morgan fingerprint density at radius 1 is 0.619 bits per heavy atom. The highest BCUT2D eigenvalue weighted by atomic mass is 32.1. The van der Waals surface area contributed by atoms with Gasteiger partial charge in [0.2, 0.25) is 0 Å². The van der Waals surface area contributed by atoms with Crippen LogP contribution in [0.15, 0.2) is 35.0 Å². The molecule has 224 valence electrons. The number of unbranched alkanes of at least 4 members (excludes halogenated alkanes) is 8. The number of hydrogen-bond acceptors (Lipinski definition) is 6. The quantitative estimate of drug-likeness (QED) is 0.104. The van der Waals surface area contributed by atoms with Crippen molar-refractivity contribution in [3.63, 3.8) is 0 Å². The van der Waals surface area contributed by atoms with Crippen molar-refractivity contribution >= 4 is 101 Å². The Kier molecular flexibility index (Phi) is 10.1. The van der Waals surface area contributed by atoms with Crippen molar-refractivity contribution in [3.05, 3.63) is 40.6 Å². The van der Waals surface area contributed by atoms with Gasteiger partial charge >= 0.3 is 0 Å². The third-order valence-electron chi connectivity index (χ3n) is 8.88. The zero-order valence-electron chi connectivity index (χ0n) is 25.5. The summed E-state index contributed by atoms with van der Waals surface area (Å²) in [6, 6.07) is 10.3. The normalized spacial score (nSPS) is 13.8. The van der Waals surface area contributed by atoms with Gasteiger partial charge in [-0.3, -0.25) is 0 Å². The predicted octanol–water partition coefficient (Wildman–Crippen LogP) is 13.1. The number of anilines is 1. The number of nitrogens with one attached hydrogen (secondary N) is 1. The molecule has 2 nitrogen and oxygen atoms in total. The van der Waals surface area contributed by atoms with Gasteiger partial charge < -0.3 is 11.1 Å². The summed E-state index contributed by atoms with van der Waals surface area (Å²) >= 11 is 7.83. The third kappa shape index (κ3) is 6.25. The fourth-order valence-corrected chi connectivity index (χ4v) is 11.7. The zero-order valence-corrected chi connectivity index (χ0v) is 28.8. The molecular weight excluding hydrogens is 589 g/mol. The van der Waals surface area contributed by atoms with Gasteiger partial charge in [-0.05, 0) is 42.5 Å². The first-order valence-electron chi connectivity index (χ1n) is 16.3. The Morgan fingerprint density at radius 2 is 1.14 bits per heavy atom. The second kappa shape index (κ2) is 13.9. The van der Waals surface area contributed by atoms with Crippen LogP contribution < -0.4 is 11.1 Å². The fraction of sp³-hybridized carbons (Fsp3) is 0.500. The lowest BCUT2D eigenvalue weighted by atomic mass is 10.00.